The van der Waals surface area contributed by atoms with Crippen molar-refractivity contribution in [2.75, 3.05) is 0 Å². The second kappa shape index (κ2) is 5.38. The second-order valence-electron chi connectivity index (χ2n) is 3.93. The quantitative estimate of drug-likeness (QED) is 0.796. The maximum absolute atomic E-state index is 6.20. The molecule has 1 unspecified atom stereocenters. The summed E-state index contributed by atoms with van der Waals surface area (Å²) in [7, 11) is 0. The highest BCUT2D eigenvalue weighted by atomic mass is 35.5. The lowest BCUT2D eigenvalue weighted by Gasteiger charge is -2.06. The van der Waals surface area contributed by atoms with E-state index in [1.54, 1.807) is 11.3 Å². The lowest BCUT2D eigenvalue weighted by Crippen LogP contribution is -2.11. The third-order valence-electron chi connectivity index (χ3n) is 2.68. The summed E-state index contributed by atoms with van der Waals surface area (Å²) in [4.78, 5) is 0.950. The van der Waals surface area contributed by atoms with Gasteiger partial charge in [-0.2, -0.15) is 0 Å². The van der Waals surface area contributed by atoms with E-state index < -0.39 is 0 Å². The van der Waals surface area contributed by atoms with Crippen molar-refractivity contribution >= 4 is 34.3 Å². The molecule has 2 N–H and O–H groups in total. The molecule has 6 heteroatoms. The molecule has 3 nitrogen and oxygen atoms in total. The number of thiophene rings is 1. The summed E-state index contributed by atoms with van der Waals surface area (Å²) in [6, 6.07) is 11.5. The zero-order valence-corrected chi connectivity index (χ0v) is 12.2. The molecule has 3 aromatic rings. The molecule has 0 spiro atoms. The van der Waals surface area contributed by atoms with Gasteiger partial charge in [0.1, 0.15) is 5.01 Å². The fourth-order valence-electron chi connectivity index (χ4n) is 1.70. The Morgan fingerprint density at radius 3 is 2.58 bits per heavy atom. The van der Waals surface area contributed by atoms with E-state index >= 15 is 0 Å². The van der Waals surface area contributed by atoms with E-state index in [4.69, 9.17) is 17.3 Å². The van der Waals surface area contributed by atoms with Crippen molar-refractivity contribution in [1.29, 1.82) is 0 Å². The Labute approximate surface area is 123 Å². The SMILES string of the molecule is NC(c1ccccc1)c1nnc(-c2sccc2Cl)s1. The summed E-state index contributed by atoms with van der Waals surface area (Å²) < 4.78 is 0. The summed E-state index contributed by atoms with van der Waals surface area (Å²) in [5, 5.41) is 12.6. The number of hydrogen-bond donors (Lipinski definition) is 1. The van der Waals surface area contributed by atoms with E-state index in [1.807, 2.05) is 41.8 Å². The van der Waals surface area contributed by atoms with Crippen LogP contribution in [0.4, 0.5) is 0 Å². The number of nitrogens with zero attached hydrogens (tertiary/aromatic N) is 2. The fourth-order valence-corrected chi connectivity index (χ4v) is 3.88. The molecule has 0 saturated carbocycles. The van der Waals surface area contributed by atoms with E-state index in [9.17, 15) is 0 Å². The lowest BCUT2D eigenvalue weighted by atomic mass is 10.1. The van der Waals surface area contributed by atoms with Gasteiger partial charge in [0, 0.05) is 0 Å². The van der Waals surface area contributed by atoms with Crippen molar-refractivity contribution in [2.45, 2.75) is 6.04 Å². The zero-order chi connectivity index (χ0) is 13.2. The highest BCUT2D eigenvalue weighted by molar-refractivity contribution is 7.21. The van der Waals surface area contributed by atoms with E-state index in [2.05, 4.69) is 10.2 Å². The molecular formula is C13H10ClN3S2. The van der Waals surface area contributed by atoms with Crippen LogP contribution in [0.15, 0.2) is 41.8 Å². The Bertz CT molecular complexity index is 678. The largest absolute Gasteiger partial charge is 0.318 e. The predicted octanol–water partition coefficient (Wildman–Crippen LogP) is 3.97. The van der Waals surface area contributed by atoms with Gasteiger partial charge in [0.05, 0.1) is 15.9 Å². The van der Waals surface area contributed by atoms with Crippen molar-refractivity contribution < 1.29 is 0 Å². The van der Waals surface area contributed by atoms with Crippen LogP contribution in [-0.2, 0) is 0 Å². The van der Waals surface area contributed by atoms with E-state index in [0.29, 0.717) is 5.02 Å². The molecule has 96 valence electrons. The van der Waals surface area contributed by atoms with Gasteiger partial charge in [-0.25, -0.2) is 0 Å². The Balaban J connectivity index is 1.92. The molecule has 3 rings (SSSR count). The number of hydrogen-bond acceptors (Lipinski definition) is 5. The first-order valence-corrected chi connectivity index (χ1v) is 7.70. The minimum Gasteiger partial charge on any atom is -0.318 e. The molecular weight excluding hydrogens is 298 g/mol. The van der Waals surface area contributed by atoms with Gasteiger partial charge in [0.15, 0.2) is 5.01 Å². The summed E-state index contributed by atoms with van der Waals surface area (Å²) in [6.07, 6.45) is 0. The normalized spacial score (nSPS) is 12.5. The third kappa shape index (κ3) is 2.55. The number of benzene rings is 1. The Hall–Kier alpha value is -1.27. The Morgan fingerprint density at radius 2 is 1.89 bits per heavy atom. The van der Waals surface area contributed by atoms with Gasteiger partial charge >= 0.3 is 0 Å². The molecule has 19 heavy (non-hydrogen) atoms. The van der Waals surface area contributed by atoms with Crippen LogP contribution < -0.4 is 5.73 Å². The number of rotatable bonds is 3. The van der Waals surface area contributed by atoms with Crippen LogP contribution in [0.3, 0.4) is 0 Å². The Kier molecular flexibility index (Phi) is 3.61. The minimum atomic E-state index is -0.244. The average molecular weight is 308 g/mol. The highest BCUT2D eigenvalue weighted by Crippen LogP contribution is 2.36. The van der Waals surface area contributed by atoms with Crippen LogP contribution in [0.2, 0.25) is 5.02 Å². The van der Waals surface area contributed by atoms with Crippen LogP contribution >= 0.6 is 34.3 Å². The van der Waals surface area contributed by atoms with Gasteiger partial charge in [-0.1, -0.05) is 53.3 Å². The zero-order valence-electron chi connectivity index (χ0n) is 9.79. The molecule has 0 aliphatic rings. The van der Waals surface area contributed by atoms with Gasteiger partial charge in [0.25, 0.3) is 0 Å². The monoisotopic (exact) mass is 307 g/mol. The molecule has 0 saturated heterocycles. The molecule has 0 bridgehead atoms. The number of aromatic nitrogens is 2. The molecule has 1 atom stereocenters. The van der Waals surface area contributed by atoms with Gasteiger partial charge in [-0.15, -0.1) is 21.5 Å². The van der Waals surface area contributed by atoms with Crippen molar-refractivity contribution in [3.8, 4) is 9.88 Å². The van der Waals surface area contributed by atoms with Crippen molar-refractivity contribution in [2.24, 2.45) is 5.73 Å². The van der Waals surface area contributed by atoms with Crippen LogP contribution in [0.25, 0.3) is 9.88 Å². The molecule has 0 aliphatic heterocycles. The van der Waals surface area contributed by atoms with Gasteiger partial charge in [0.2, 0.25) is 0 Å². The van der Waals surface area contributed by atoms with E-state index in [-0.39, 0.29) is 6.04 Å². The third-order valence-corrected chi connectivity index (χ3v) is 5.18. The van der Waals surface area contributed by atoms with Crippen LogP contribution in [0.5, 0.6) is 0 Å². The van der Waals surface area contributed by atoms with Crippen molar-refractivity contribution in [3.63, 3.8) is 0 Å². The maximum Gasteiger partial charge on any atom is 0.159 e. The maximum atomic E-state index is 6.20. The molecule has 0 aliphatic carbocycles. The summed E-state index contributed by atoms with van der Waals surface area (Å²) in [5.74, 6) is 0. The lowest BCUT2D eigenvalue weighted by molar-refractivity contribution is 0.831. The number of nitrogens with two attached hydrogens (primary N) is 1. The van der Waals surface area contributed by atoms with Gasteiger partial charge in [-0.05, 0) is 17.0 Å². The highest BCUT2D eigenvalue weighted by Gasteiger charge is 2.17. The molecule has 2 aromatic heterocycles. The molecule has 0 radical (unpaired) electrons. The Morgan fingerprint density at radius 1 is 1.11 bits per heavy atom. The van der Waals surface area contributed by atoms with Crippen molar-refractivity contribution in [3.05, 3.63) is 57.4 Å². The average Bonchev–Trinajstić information content (AvgIpc) is 3.07. The van der Waals surface area contributed by atoms with Crippen molar-refractivity contribution in [1.82, 2.24) is 10.2 Å². The molecule has 1 aromatic carbocycles. The first-order chi connectivity index (χ1) is 9.25. The summed E-state index contributed by atoms with van der Waals surface area (Å²) in [6.45, 7) is 0. The van der Waals surface area contributed by atoms with Crippen LogP contribution in [0.1, 0.15) is 16.6 Å². The topological polar surface area (TPSA) is 51.8 Å². The number of halogens is 1. The van der Waals surface area contributed by atoms with Crippen LogP contribution in [0, 0.1) is 0 Å². The van der Waals surface area contributed by atoms with Gasteiger partial charge in [-0.3, -0.25) is 0 Å². The van der Waals surface area contributed by atoms with E-state index in [0.717, 1.165) is 20.5 Å². The minimum absolute atomic E-state index is 0.244. The van der Waals surface area contributed by atoms with Crippen LogP contribution in [-0.4, -0.2) is 10.2 Å². The molecule has 0 amide bonds. The molecule has 0 fully saturated rings. The summed E-state index contributed by atoms with van der Waals surface area (Å²) >= 11 is 9.14. The second-order valence-corrected chi connectivity index (χ2v) is 6.26. The molecule has 2 heterocycles. The summed E-state index contributed by atoms with van der Waals surface area (Å²) in [5.41, 5.74) is 7.23. The standard InChI is InChI=1S/C13H10ClN3S2/c14-9-6-7-18-11(9)13-17-16-12(19-13)10(15)8-4-2-1-3-5-8/h1-7,10H,15H2. The fraction of sp³-hybridized carbons (Fsp3) is 0.0769. The van der Waals surface area contributed by atoms with Gasteiger partial charge < -0.3 is 5.73 Å². The predicted molar refractivity (Wildman–Crippen MR) is 80.7 cm³/mol. The first-order valence-electron chi connectivity index (χ1n) is 5.63. The smallest absolute Gasteiger partial charge is 0.159 e. The first kappa shape index (κ1) is 12.7. The van der Waals surface area contributed by atoms with E-state index in [1.165, 1.54) is 11.3 Å².